The molecule has 1 aromatic carbocycles. The van der Waals surface area contributed by atoms with E-state index in [1.807, 2.05) is 18.2 Å². The van der Waals surface area contributed by atoms with Crippen molar-refractivity contribution < 1.29 is 14.3 Å². The molecule has 0 spiro atoms. The van der Waals surface area contributed by atoms with E-state index in [1.165, 1.54) is 11.1 Å². The van der Waals surface area contributed by atoms with Crippen molar-refractivity contribution in [2.75, 3.05) is 13.2 Å². The van der Waals surface area contributed by atoms with Crippen molar-refractivity contribution in [1.29, 1.82) is 0 Å². The van der Waals surface area contributed by atoms with Gasteiger partial charge < -0.3 is 9.47 Å². The fraction of sp³-hybridized carbons (Fsp3) is 0.353. The third kappa shape index (κ3) is 3.20. The summed E-state index contributed by atoms with van der Waals surface area (Å²) in [6.45, 7) is -0.0212. The molecule has 0 saturated carbocycles. The van der Waals surface area contributed by atoms with Gasteiger partial charge in [-0.3, -0.25) is 0 Å². The summed E-state index contributed by atoms with van der Waals surface area (Å²) < 4.78 is 10.4. The van der Waals surface area contributed by atoms with Crippen LogP contribution in [0.3, 0.4) is 0 Å². The normalized spacial score (nSPS) is 13.9. The Morgan fingerprint density at radius 2 is 1.95 bits per heavy atom. The molecule has 2 rings (SSSR count). The summed E-state index contributed by atoms with van der Waals surface area (Å²) in [4.78, 5) is 12.0. The second-order valence-electron chi connectivity index (χ2n) is 4.59. The van der Waals surface area contributed by atoms with Crippen molar-refractivity contribution in [1.82, 2.24) is 0 Å². The summed E-state index contributed by atoms with van der Waals surface area (Å²) in [5, 5.41) is 0. The van der Waals surface area contributed by atoms with Gasteiger partial charge in [-0.05, 0) is 36.0 Å². The largest absolute Gasteiger partial charge is 0.450 e. The van der Waals surface area contributed by atoms with Crippen LogP contribution in [-0.4, -0.2) is 19.2 Å². The van der Waals surface area contributed by atoms with Crippen LogP contribution in [0.4, 0.5) is 0 Å². The standard InChI is InChI=1S/C17H16O3/c1-3-10-19-16(17(18)20-11-4-2)15-9-8-13-6-5-7-14(13)12-15/h1-2,8-9,12,16H,5-7,10-11H2. The van der Waals surface area contributed by atoms with Crippen molar-refractivity contribution >= 4 is 5.97 Å². The Bertz CT molecular complexity index is 575. The molecule has 0 bridgehead atoms. The zero-order valence-electron chi connectivity index (χ0n) is 11.2. The molecule has 0 saturated heterocycles. The molecule has 0 radical (unpaired) electrons. The Kier molecular flexibility index (Phi) is 4.82. The molecular formula is C17H16O3. The van der Waals surface area contributed by atoms with Gasteiger partial charge in [0.1, 0.15) is 6.61 Å². The SMILES string of the molecule is C#CCOC(=O)C(OCC#C)c1ccc2c(c1)CCC2. The molecule has 20 heavy (non-hydrogen) atoms. The molecule has 102 valence electrons. The van der Waals surface area contributed by atoms with Crippen LogP contribution in [0.15, 0.2) is 18.2 Å². The first kappa shape index (κ1) is 14.2. The predicted molar refractivity (Wildman–Crippen MR) is 75.8 cm³/mol. The van der Waals surface area contributed by atoms with Gasteiger partial charge >= 0.3 is 5.97 Å². The monoisotopic (exact) mass is 268 g/mol. The summed E-state index contributed by atoms with van der Waals surface area (Å²) >= 11 is 0. The number of fused-ring (bicyclic) bond motifs is 1. The minimum Gasteiger partial charge on any atom is -0.450 e. The number of carbonyl (C=O) groups excluding carboxylic acids is 1. The van der Waals surface area contributed by atoms with Crippen LogP contribution in [0.25, 0.3) is 0 Å². The topological polar surface area (TPSA) is 35.5 Å². The Morgan fingerprint density at radius 1 is 1.20 bits per heavy atom. The second-order valence-corrected chi connectivity index (χ2v) is 4.59. The summed E-state index contributed by atoms with van der Waals surface area (Å²) in [5.41, 5.74) is 3.37. The molecule has 1 aliphatic carbocycles. The first-order valence-electron chi connectivity index (χ1n) is 6.53. The maximum Gasteiger partial charge on any atom is 0.340 e. The Morgan fingerprint density at radius 3 is 2.70 bits per heavy atom. The van der Waals surface area contributed by atoms with Crippen molar-refractivity contribution in [2.45, 2.75) is 25.4 Å². The lowest BCUT2D eigenvalue weighted by atomic mass is 10.0. The highest BCUT2D eigenvalue weighted by molar-refractivity contribution is 5.77. The number of ether oxygens (including phenoxy) is 2. The first-order valence-corrected chi connectivity index (χ1v) is 6.53. The van der Waals surface area contributed by atoms with E-state index in [-0.39, 0.29) is 13.2 Å². The van der Waals surface area contributed by atoms with Crippen LogP contribution in [-0.2, 0) is 27.1 Å². The van der Waals surface area contributed by atoms with E-state index < -0.39 is 12.1 Å². The molecule has 0 aromatic heterocycles. The lowest BCUT2D eigenvalue weighted by Crippen LogP contribution is -2.19. The first-order chi connectivity index (χ1) is 9.76. The van der Waals surface area contributed by atoms with Crippen LogP contribution >= 0.6 is 0 Å². The zero-order chi connectivity index (χ0) is 14.4. The lowest BCUT2D eigenvalue weighted by molar-refractivity contribution is -0.155. The Hall–Kier alpha value is -2.23. The molecule has 0 fully saturated rings. The average Bonchev–Trinajstić information content (AvgIpc) is 2.93. The predicted octanol–water partition coefficient (Wildman–Crippen LogP) is 2.04. The number of benzene rings is 1. The van der Waals surface area contributed by atoms with Gasteiger partial charge in [0, 0.05) is 0 Å². The summed E-state index contributed by atoms with van der Waals surface area (Å²) in [7, 11) is 0. The number of carbonyl (C=O) groups is 1. The van der Waals surface area contributed by atoms with E-state index in [2.05, 4.69) is 11.8 Å². The van der Waals surface area contributed by atoms with E-state index in [0.29, 0.717) is 0 Å². The van der Waals surface area contributed by atoms with Crippen LogP contribution < -0.4 is 0 Å². The third-order valence-corrected chi connectivity index (χ3v) is 3.27. The van der Waals surface area contributed by atoms with Crippen molar-refractivity contribution in [3.63, 3.8) is 0 Å². The molecule has 3 heteroatoms. The summed E-state index contributed by atoms with van der Waals surface area (Å²) in [6, 6.07) is 5.93. The van der Waals surface area contributed by atoms with Crippen LogP contribution in [0.1, 0.15) is 29.2 Å². The van der Waals surface area contributed by atoms with Gasteiger partial charge in [0.05, 0.1) is 0 Å². The zero-order valence-corrected chi connectivity index (χ0v) is 11.2. The van der Waals surface area contributed by atoms with Gasteiger partial charge in [0.2, 0.25) is 0 Å². The van der Waals surface area contributed by atoms with E-state index in [9.17, 15) is 4.79 Å². The second kappa shape index (κ2) is 6.80. The lowest BCUT2D eigenvalue weighted by Gasteiger charge is -2.16. The van der Waals surface area contributed by atoms with Gasteiger partial charge in [0.25, 0.3) is 0 Å². The number of rotatable bonds is 5. The molecule has 1 unspecified atom stereocenters. The average molecular weight is 268 g/mol. The molecule has 0 aliphatic heterocycles. The van der Waals surface area contributed by atoms with Gasteiger partial charge in [-0.25, -0.2) is 4.79 Å². The quantitative estimate of drug-likeness (QED) is 0.605. The fourth-order valence-corrected chi connectivity index (χ4v) is 2.38. The van der Waals surface area contributed by atoms with Crippen LogP contribution in [0.5, 0.6) is 0 Å². The van der Waals surface area contributed by atoms with Crippen molar-refractivity contribution in [2.24, 2.45) is 0 Å². The molecule has 0 N–H and O–H groups in total. The molecular weight excluding hydrogens is 252 g/mol. The Balaban J connectivity index is 2.20. The highest BCUT2D eigenvalue weighted by Crippen LogP contribution is 2.27. The highest BCUT2D eigenvalue weighted by Gasteiger charge is 2.24. The van der Waals surface area contributed by atoms with Crippen molar-refractivity contribution in [3.05, 3.63) is 34.9 Å². The van der Waals surface area contributed by atoms with E-state index in [1.54, 1.807) is 0 Å². The van der Waals surface area contributed by atoms with E-state index >= 15 is 0 Å². The Labute approximate surface area is 119 Å². The smallest absolute Gasteiger partial charge is 0.340 e. The molecule has 1 aromatic rings. The minimum absolute atomic E-state index is 0.0485. The fourth-order valence-electron chi connectivity index (χ4n) is 2.38. The van der Waals surface area contributed by atoms with Gasteiger partial charge in [-0.1, -0.05) is 30.0 Å². The maximum atomic E-state index is 12.0. The van der Waals surface area contributed by atoms with Crippen LogP contribution in [0.2, 0.25) is 0 Å². The molecule has 1 aliphatic rings. The van der Waals surface area contributed by atoms with Crippen LogP contribution in [0, 0.1) is 24.7 Å². The summed E-state index contributed by atoms with van der Waals surface area (Å²) in [5.74, 6) is 4.12. The molecule has 0 heterocycles. The molecule has 3 nitrogen and oxygen atoms in total. The van der Waals surface area contributed by atoms with Gasteiger partial charge in [-0.15, -0.1) is 12.8 Å². The minimum atomic E-state index is -0.815. The molecule has 1 atom stereocenters. The van der Waals surface area contributed by atoms with Crippen molar-refractivity contribution in [3.8, 4) is 24.7 Å². The van der Waals surface area contributed by atoms with E-state index in [0.717, 1.165) is 24.8 Å². The van der Waals surface area contributed by atoms with E-state index in [4.69, 9.17) is 22.3 Å². The maximum absolute atomic E-state index is 12.0. The third-order valence-electron chi connectivity index (χ3n) is 3.27. The number of hydrogen-bond acceptors (Lipinski definition) is 3. The number of hydrogen-bond donors (Lipinski definition) is 0. The van der Waals surface area contributed by atoms with Gasteiger partial charge in [-0.2, -0.15) is 0 Å². The highest BCUT2D eigenvalue weighted by atomic mass is 16.6. The molecule has 0 amide bonds. The number of aryl methyl sites for hydroxylation is 2. The summed E-state index contributed by atoms with van der Waals surface area (Å²) in [6.07, 6.45) is 12.7. The van der Waals surface area contributed by atoms with Gasteiger partial charge in [0.15, 0.2) is 12.7 Å². The number of esters is 1. The number of terminal acetylenes is 2.